The van der Waals surface area contributed by atoms with E-state index in [0.29, 0.717) is 6.20 Å². The maximum absolute atomic E-state index is 12.1. The summed E-state index contributed by atoms with van der Waals surface area (Å²) in [6.07, 6.45) is -2.60. The van der Waals surface area contributed by atoms with E-state index in [1.165, 1.54) is 6.20 Å². The molecule has 2 aromatic rings. The summed E-state index contributed by atoms with van der Waals surface area (Å²) in [5.41, 5.74) is -0.663. The van der Waals surface area contributed by atoms with Crippen molar-refractivity contribution in [1.29, 1.82) is 0 Å². The SMILES string of the molecule is FC(F)(F)c1cnc2[nH]ncc2n1. The van der Waals surface area contributed by atoms with Crippen LogP contribution in [-0.4, -0.2) is 20.2 Å². The topological polar surface area (TPSA) is 54.5 Å². The lowest BCUT2D eigenvalue weighted by Gasteiger charge is -2.03. The number of hydrogen-bond donors (Lipinski definition) is 1. The first kappa shape index (κ1) is 7.96. The predicted octanol–water partition coefficient (Wildman–Crippen LogP) is 1.37. The minimum atomic E-state index is -4.46. The van der Waals surface area contributed by atoms with Crippen molar-refractivity contribution in [1.82, 2.24) is 20.2 Å². The molecular formula is C6H3F3N4. The van der Waals surface area contributed by atoms with Crippen molar-refractivity contribution in [2.45, 2.75) is 6.18 Å². The molecule has 0 amide bonds. The van der Waals surface area contributed by atoms with Gasteiger partial charge in [-0.1, -0.05) is 0 Å². The molecule has 0 aromatic carbocycles. The Kier molecular flexibility index (Phi) is 1.48. The quantitative estimate of drug-likeness (QED) is 0.679. The van der Waals surface area contributed by atoms with Crippen LogP contribution in [0.3, 0.4) is 0 Å². The van der Waals surface area contributed by atoms with E-state index in [-0.39, 0.29) is 11.2 Å². The lowest BCUT2D eigenvalue weighted by atomic mass is 10.4. The first-order chi connectivity index (χ1) is 6.07. The van der Waals surface area contributed by atoms with Crippen molar-refractivity contribution in [2.24, 2.45) is 0 Å². The zero-order valence-electron chi connectivity index (χ0n) is 6.13. The van der Waals surface area contributed by atoms with Crippen molar-refractivity contribution < 1.29 is 13.2 Å². The molecule has 1 N–H and O–H groups in total. The molecule has 68 valence electrons. The summed E-state index contributed by atoms with van der Waals surface area (Å²) in [6, 6.07) is 0. The van der Waals surface area contributed by atoms with Gasteiger partial charge in [0.25, 0.3) is 0 Å². The highest BCUT2D eigenvalue weighted by molar-refractivity contribution is 5.67. The maximum Gasteiger partial charge on any atom is 0.434 e. The van der Waals surface area contributed by atoms with Crippen LogP contribution in [0.15, 0.2) is 12.4 Å². The molecule has 7 heteroatoms. The Balaban J connectivity index is 2.61. The minimum absolute atomic E-state index is 0.106. The summed E-state index contributed by atoms with van der Waals surface area (Å²) >= 11 is 0. The zero-order valence-corrected chi connectivity index (χ0v) is 6.13. The van der Waals surface area contributed by atoms with Crippen LogP contribution in [0.4, 0.5) is 13.2 Å². The zero-order chi connectivity index (χ0) is 9.47. The van der Waals surface area contributed by atoms with E-state index in [4.69, 9.17) is 0 Å². The fourth-order valence-corrected chi connectivity index (χ4v) is 0.871. The van der Waals surface area contributed by atoms with Gasteiger partial charge in [-0.05, 0) is 0 Å². The number of fused-ring (bicyclic) bond motifs is 1. The molecule has 2 rings (SSSR count). The van der Waals surface area contributed by atoms with Gasteiger partial charge in [-0.25, -0.2) is 9.97 Å². The smallest absolute Gasteiger partial charge is 0.259 e. The van der Waals surface area contributed by atoms with Gasteiger partial charge in [0, 0.05) is 0 Å². The Hall–Kier alpha value is -1.66. The lowest BCUT2D eigenvalue weighted by molar-refractivity contribution is -0.141. The number of alkyl halides is 3. The van der Waals surface area contributed by atoms with Crippen molar-refractivity contribution in [3.05, 3.63) is 18.1 Å². The van der Waals surface area contributed by atoms with Crippen LogP contribution in [0.5, 0.6) is 0 Å². The molecular weight excluding hydrogens is 185 g/mol. The van der Waals surface area contributed by atoms with E-state index in [9.17, 15) is 13.2 Å². The number of rotatable bonds is 0. The van der Waals surface area contributed by atoms with Gasteiger partial charge >= 0.3 is 6.18 Å². The van der Waals surface area contributed by atoms with Gasteiger partial charge in [0.2, 0.25) is 0 Å². The molecule has 0 aliphatic carbocycles. The normalized spacial score (nSPS) is 12.2. The molecule has 13 heavy (non-hydrogen) atoms. The third-order valence-electron chi connectivity index (χ3n) is 1.45. The summed E-state index contributed by atoms with van der Waals surface area (Å²) in [5, 5.41) is 5.91. The van der Waals surface area contributed by atoms with Crippen LogP contribution in [0.1, 0.15) is 5.69 Å². The summed E-state index contributed by atoms with van der Waals surface area (Å²) in [6.45, 7) is 0. The summed E-state index contributed by atoms with van der Waals surface area (Å²) in [7, 11) is 0. The Bertz CT molecular complexity index is 433. The first-order valence-electron chi connectivity index (χ1n) is 3.31. The average Bonchev–Trinajstić information content (AvgIpc) is 2.47. The van der Waals surface area contributed by atoms with Crippen LogP contribution in [-0.2, 0) is 6.18 Å². The second-order valence-electron chi connectivity index (χ2n) is 2.36. The lowest BCUT2D eigenvalue weighted by Crippen LogP contribution is -2.08. The van der Waals surface area contributed by atoms with E-state index >= 15 is 0 Å². The highest BCUT2D eigenvalue weighted by atomic mass is 19.4. The molecule has 0 fully saturated rings. The molecule has 0 saturated carbocycles. The number of H-pyrrole nitrogens is 1. The molecule has 0 spiro atoms. The van der Waals surface area contributed by atoms with E-state index in [1.54, 1.807) is 0 Å². The van der Waals surface area contributed by atoms with Gasteiger partial charge in [0.05, 0.1) is 12.4 Å². The average molecular weight is 188 g/mol. The molecule has 0 aliphatic rings. The van der Waals surface area contributed by atoms with Crippen LogP contribution >= 0.6 is 0 Å². The van der Waals surface area contributed by atoms with Crippen molar-refractivity contribution >= 4 is 11.2 Å². The highest BCUT2D eigenvalue weighted by Crippen LogP contribution is 2.27. The molecule has 2 heterocycles. The molecule has 0 unspecified atom stereocenters. The van der Waals surface area contributed by atoms with Crippen molar-refractivity contribution in [3.8, 4) is 0 Å². The summed E-state index contributed by atoms with van der Waals surface area (Å²) < 4.78 is 36.3. The Morgan fingerprint density at radius 2 is 2.00 bits per heavy atom. The molecule has 2 aromatic heterocycles. The number of aromatic nitrogens is 4. The van der Waals surface area contributed by atoms with Gasteiger partial charge in [-0.3, -0.25) is 5.10 Å². The summed E-state index contributed by atoms with van der Waals surface area (Å²) in [5.74, 6) is 0. The molecule has 0 bridgehead atoms. The highest BCUT2D eigenvalue weighted by Gasteiger charge is 2.33. The monoisotopic (exact) mass is 188 g/mol. The Labute approximate surface area is 69.8 Å². The summed E-state index contributed by atoms with van der Waals surface area (Å²) in [4.78, 5) is 6.83. The third kappa shape index (κ3) is 1.32. The van der Waals surface area contributed by atoms with E-state index in [1.807, 2.05) is 0 Å². The van der Waals surface area contributed by atoms with Gasteiger partial charge in [0.15, 0.2) is 11.3 Å². The largest absolute Gasteiger partial charge is 0.434 e. The maximum atomic E-state index is 12.1. The van der Waals surface area contributed by atoms with Gasteiger partial charge < -0.3 is 0 Å². The fourth-order valence-electron chi connectivity index (χ4n) is 0.871. The van der Waals surface area contributed by atoms with E-state index in [2.05, 4.69) is 20.2 Å². The third-order valence-corrected chi connectivity index (χ3v) is 1.45. The number of nitrogens with one attached hydrogen (secondary N) is 1. The van der Waals surface area contributed by atoms with Gasteiger partial charge in [-0.15, -0.1) is 0 Å². The van der Waals surface area contributed by atoms with Crippen LogP contribution in [0.25, 0.3) is 11.2 Å². The standard InChI is InChI=1S/C6H3F3N4/c7-6(8,9)4-2-10-5-3(12-4)1-11-13-5/h1-2H,(H,10,11,13). The molecule has 0 saturated heterocycles. The van der Waals surface area contributed by atoms with Crippen molar-refractivity contribution in [2.75, 3.05) is 0 Å². The van der Waals surface area contributed by atoms with Crippen molar-refractivity contribution in [3.63, 3.8) is 0 Å². The van der Waals surface area contributed by atoms with Crippen LogP contribution < -0.4 is 0 Å². The Morgan fingerprint density at radius 3 is 2.69 bits per heavy atom. The molecule has 0 atom stereocenters. The fraction of sp³-hybridized carbons (Fsp3) is 0.167. The number of hydrogen-bond acceptors (Lipinski definition) is 3. The number of aromatic amines is 1. The first-order valence-corrected chi connectivity index (χ1v) is 3.31. The predicted molar refractivity (Wildman–Crippen MR) is 36.7 cm³/mol. The Morgan fingerprint density at radius 1 is 1.23 bits per heavy atom. The van der Waals surface area contributed by atoms with Gasteiger partial charge in [0.1, 0.15) is 5.52 Å². The molecule has 0 radical (unpaired) electrons. The second-order valence-corrected chi connectivity index (χ2v) is 2.36. The minimum Gasteiger partial charge on any atom is -0.259 e. The van der Waals surface area contributed by atoms with Gasteiger partial charge in [-0.2, -0.15) is 18.3 Å². The van der Waals surface area contributed by atoms with E-state index in [0.717, 1.165) is 0 Å². The number of nitrogens with zero attached hydrogens (tertiary/aromatic N) is 3. The molecule has 0 aliphatic heterocycles. The van der Waals surface area contributed by atoms with Crippen LogP contribution in [0.2, 0.25) is 0 Å². The molecule has 4 nitrogen and oxygen atoms in total. The van der Waals surface area contributed by atoms with E-state index < -0.39 is 11.9 Å². The number of halogens is 3. The van der Waals surface area contributed by atoms with Crippen LogP contribution in [0, 0.1) is 0 Å². The second kappa shape index (κ2) is 2.41.